The van der Waals surface area contributed by atoms with E-state index in [1.54, 1.807) is 23.5 Å². The topological polar surface area (TPSA) is 24.9 Å². The predicted molar refractivity (Wildman–Crippen MR) is 86.6 cm³/mol. The number of benzene rings is 1. The summed E-state index contributed by atoms with van der Waals surface area (Å²) in [4.78, 5) is 5.94. The van der Waals surface area contributed by atoms with Crippen LogP contribution in [0.4, 0.5) is 4.39 Å². The van der Waals surface area contributed by atoms with Gasteiger partial charge in [-0.05, 0) is 40.5 Å². The van der Waals surface area contributed by atoms with E-state index in [-0.39, 0.29) is 5.82 Å². The normalized spacial score (nSPS) is 11.3. The van der Waals surface area contributed by atoms with Gasteiger partial charge in [0.15, 0.2) is 0 Å². The van der Waals surface area contributed by atoms with E-state index in [0.717, 1.165) is 29.2 Å². The lowest BCUT2D eigenvalue weighted by Gasteiger charge is -2.06. The molecule has 1 N–H and O–H groups in total. The first-order valence-corrected chi connectivity index (χ1v) is 8.29. The summed E-state index contributed by atoms with van der Waals surface area (Å²) in [5.41, 5.74) is 2.08. The second-order valence-corrected chi connectivity index (χ2v) is 6.84. The summed E-state index contributed by atoms with van der Waals surface area (Å²) in [5, 5.41) is 4.37. The molecule has 108 valence electrons. The number of halogens is 2. The molecule has 0 atom stereocenters. The van der Waals surface area contributed by atoms with Crippen molar-refractivity contribution in [2.45, 2.75) is 39.8 Å². The van der Waals surface area contributed by atoms with Gasteiger partial charge in [0.2, 0.25) is 0 Å². The molecule has 0 unspecified atom stereocenters. The van der Waals surface area contributed by atoms with Crippen molar-refractivity contribution in [2.24, 2.45) is 0 Å². The van der Waals surface area contributed by atoms with E-state index >= 15 is 0 Å². The first-order valence-electron chi connectivity index (χ1n) is 6.68. The minimum absolute atomic E-state index is 0.247. The average molecular weight is 357 g/mol. The summed E-state index contributed by atoms with van der Waals surface area (Å²) in [6.07, 6.45) is 0.911. The Labute approximate surface area is 131 Å². The van der Waals surface area contributed by atoms with Gasteiger partial charge in [-0.3, -0.25) is 0 Å². The molecule has 1 aromatic heterocycles. The quantitative estimate of drug-likeness (QED) is 0.834. The zero-order valence-electron chi connectivity index (χ0n) is 11.8. The maximum absolute atomic E-state index is 13.3. The van der Waals surface area contributed by atoms with E-state index in [9.17, 15) is 4.39 Å². The van der Waals surface area contributed by atoms with E-state index < -0.39 is 0 Å². The Morgan fingerprint density at radius 3 is 2.75 bits per heavy atom. The number of nitrogens with one attached hydrogen (secondary N) is 1. The van der Waals surface area contributed by atoms with Crippen LogP contribution in [0.15, 0.2) is 22.7 Å². The van der Waals surface area contributed by atoms with Gasteiger partial charge < -0.3 is 5.32 Å². The number of thiazole rings is 1. The van der Waals surface area contributed by atoms with Crippen molar-refractivity contribution >= 4 is 27.3 Å². The maximum atomic E-state index is 13.3. The van der Waals surface area contributed by atoms with Crippen LogP contribution in [-0.2, 0) is 13.0 Å². The second-order valence-electron chi connectivity index (χ2n) is 4.91. The third-order valence-corrected chi connectivity index (χ3v) is 4.70. The Kier molecular flexibility index (Phi) is 5.29. The number of aromatic nitrogens is 1. The maximum Gasteiger partial charge on any atom is 0.137 e. The molecule has 0 aliphatic heterocycles. The van der Waals surface area contributed by atoms with Gasteiger partial charge in [-0.25, -0.2) is 9.37 Å². The Morgan fingerprint density at radius 2 is 2.15 bits per heavy atom. The molecule has 0 bridgehead atoms. The molecule has 1 aromatic carbocycles. The predicted octanol–water partition coefficient (Wildman–Crippen LogP) is 4.77. The number of rotatable bonds is 5. The van der Waals surface area contributed by atoms with Crippen LogP contribution in [0.1, 0.15) is 31.3 Å². The lowest BCUT2D eigenvalue weighted by Crippen LogP contribution is -2.21. The molecule has 2 rings (SSSR count). The zero-order valence-corrected chi connectivity index (χ0v) is 14.2. The van der Waals surface area contributed by atoms with Gasteiger partial charge in [-0.15, -0.1) is 11.3 Å². The highest BCUT2D eigenvalue weighted by Crippen LogP contribution is 2.31. The molecule has 20 heavy (non-hydrogen) atoms. The summed E-state index contributed by atoms with van der Waals surface area (Å²) in [5.74, 6) is -0.247. The molecule has 0 saturated heterocycles. The fourth-order valence-corrected chi connectivity index (χ4v) is 3.32. The number of aryl methyl sites for hydroxylation is 1. The summed E-state index contributed by atoms with van der Waals surface area (Å²) in [7, 11) is 0. The molecule has 2 nitrogen and oxygen atoms in total. The Balaban J connectivity index is 2.30. The number of hydrogen-bond donors (Lipinski definition) is 1. The van der Waals surface area contributed by atoms with E-state index in [2.05, 4.69) is 47.0 Å². The van der Waals surface area contributed by atoms with E-state index in [1.165, 1.54) is 10.9 Å². The highest BCUT2D eigenvalue weighted by Gasteiger charge is 2.12. The smallest absolute Gasteiger partial charge is 0.137 e. The molecular weight excluding hydrogens is 339 g/mol. The fraction of sp³-hybridized carbons (Fsp3) is 0.400. The van der Waals surface area contributed by atoms with Gasteiger partial charge in [-0.1, -0.05) is 20.8 Å². The minimum atomic E-state index is -0.247. The van der Waals surface area contributed by atoms with E-state index in [1.807, 2.05) is 0 Å². The van der Waals surface area contributed by atoms with Gasteiger partial charge in [0.05, 0.1) is 10.2 Å². The minimum Gasteiger partial charge on any atom is -0.310 e. The van der Waals surface area contributed by atoms with Gasteiger partial charge in [0.1, 0.15) is 10.8 Å². The molecular formula is C15H18BrFN2S. The van der Waals surface area contributed by atoms with Crippen molar-refractivity contribution in [3.8, 4) is 10.6 Å². The van der Waals surface area contributed by atoms with Crippen LogP contribution >= 0.6 is 27.3 Å². The lowest BCUT2D eigenvalue weighted by atomic mass is 10.2. The molecule has 0 amide bonds. The van der Waals surface area contributed by atoms with Crippen molar-refractivity contribution in [2.75, 3.05) is 0 Å². The molecule has 0 radical (unpaired) electrons. The molecule has 0 aliphatic carbocycles. The summed E-state index contributed by atoms with van der Waals surface area (Å²) in [6, 6.07) is 5.48. The van der Waals surface area contributed by atoms with Crippen LogP contribution in [0.2, 0.25) is 0 Å². The summed E-state index contributed by atoms with van der Waals surface area (Å²) < 4.78 is 13.8. The average Bonchev–Trinajstić information content (AvgIpc) is 2.82. The van der Waals surface area contributed by atoms with E-state index in [0.29, 0.717) is 10.5 Å². The zero-order chi connectivity index (χ0) is 14.7. The van der Waals surface area contributed by atoms with Crippen molar-refractivity contribution in [3.05, 3.63) is 39.1 Å². The third-order valence-electron chi connectivity index (χ3n) is 2.95. The molecule has 2 aromatic rings. The van der Waals surface area contributed by atoms with Crippen molar-refractivity contribution in [1.82, 2.24) is 10.3 Å². The Morgan fingerprint density at radius 1 is 1.40 bits per heavy atom. The largest absolute Gasteiger partial charge is 0.310 e. The van der Waals surface area contributed by atoms with Gasteiger partial charge in [-0.2, -0.15) is 0 Å². The molecule has 0 saturated carbocycles. The lowest BCUT2D eigenvalue weighted by molar-refractivity contribution is 0.590. The van der Waals surface area contributed by atoms with Crippen molar-refractivity contribution < 1.29 is 4.39 Å². The van der Waals surface area contributed by atoms with Crippen molar-refractivity contribution in [3.63, 3.8) is 0 Å². The second kappa shape index (κ2) is 6.78. The van der Waals surface area contributed by atoms with Crippen LogP contribution in [-0.4, -0.2) is 11.0 Å². The van der Waals surface area contributed by atoms with Crippen LogP contribution in [0, 0.1) is 5.82 Å². The van der Waals surface area contributed by atoms with Crippen molar-refractivity contribution in [1.29, 1.82) is 0 Å². The number of nitrogens with zero attached hydrogens (tertiary/aromatic N) is 1. The van der Waals surface area contributed by atoms with Gasteiger partial charge >= 0.3 is 0 Å². The third kappa shape index (κ3) is 3.65. The highest BCUT2D eigenvalue weighted by molar-refractivity contribution is 9.10. The highest BCUT2D eigenvalue weighted by atomic mass is 79.9. The molecule has 0 fully saturated rings. The van der Waals surface area contributed by atoms with E-state index in [4.69, 9.17) is 0 Å². The van der Waals surface area contributed by atoms with Crippen LogP contribution < -0.4 is 5.32 Å². The first-order chi connectivity index (χ1) is 9.51. The number of hydrogen-bond acceptors (Lipinski definition) is 3. The van der Waals surface area contributed by atoms with Gasteiger partial charge in [0.25, 0.3) is 0 Å². The van der Waals surface area contributed by atoms with Crippen LogP contribution in [0.3, 0.4) is 0 Å². The first kappa shape index (κ1) is 15.6. The fourth-order valence-electron chi connectivity index (χ4n) is 1.85. The molecule has 1 heterocycles. The SMILES string of the molecule is CCc1nc(-c2ccc(F)c(Br)c2)sc1CNC(C)C. The Bertz CT molecular complexity index is 596. The van der Waals surface area contributed by atoms with Crippen LogP contribution in [0.25, 0.3) is 10.6 Å². The van der Waals surface area contributed by atoms with Crippen LogP contribution in [0.5, 0.6) is 0 Å². The summed E-state index contributed by atoms with van der Waals surface area (Å²) in [6.45, 7) is 7.20. The summed E-state index contributed by atoms with van der Waals surface area (Å²) >= 11 is 4.90. The molecule has 5 heteroatoms. The monoisotopic (exact) mass is 356 g/mol. The standard InChI is InChI=1S/C15H18BrFN2S/c1-4-13-14(8-18-9(2)3)20-15(19-13)10-5-6-12(17)11(16)7-10/h5-7,9,18H,4,8H2,1-3H3. The molecule has 0 aliphatic rings. The van der Waals surface area contributed by atoms with Gasteiger partial charge in [0, 0.05) is 23.0 Å². The Hall–Kier alpha value is -0.780. The molecule has 0 spiro atoms.